The first-order valence-electron chi connectivity index (χ1n) is 13.0. The van der Waals surface area contributed by atoms with Gasteiger partial charge < -0.3 is 24.4 Å². The lowest BCUT2D eigenvalue weighted by molar-refractivity contribution is -0.163. The number of esters is 1. The van der Waals surface area contributed by atoms with Crippen molar-refractivity contribution in [3.63, 3.8) is 0 Å². The molecule has 37 heavy (non-hydrogen) atoms. The molecule has 0 saturated carbocycles. The normalized spacial score (nSPS) is 34.3. The van der Waals surface area contributed by atoms with E-state index in [1.165, 1.54) is 4.90 Å². The monoisotopic (exact) mass is 508 g/mol. The lowest BCUT2D eigenvalue weighted by Gasteiger charge is -2.43. The molecule has 0 aromatic heterocycles. The Bertz CT molecular complexity index is 1140. The van der Waals surface area contributed by atoms with E-state index in [2.05, 4.69) is 0 Å². The van der Waals surface area contributed by atoms with Gasteiger partial charge in [0.05, 0.1) is 30.8 Å². The fourth-order valence-electron chi connectivity index (χ4n) is 6.56. The van der Waals surface area contributed by atoms with Crippen LogP contribution in [0.4, 0.5) is 0 Å². The molecule has 4 aliphatic rings. The zero-order chi connectivity index (χ0) is 26.6. The van der Waals surface area contributed by atoms with Gasteiger partial charge in [-0.2, -0.15) is 0 Å². The van der Waals surface area contributed by atoms with E-state index in [-0.39, 0.29) is 25.0 Å². The Kier molecular flexibility index (Phi) is 6.31. The molecule has 1 spiro atoms. The fraction of sp³-hybridized carbons (Fsp3) is 0.552. The van der Waals surface area contributed by atoms with E-state index in [9.17, 15) is 19.5 Å². The van der Waals surface area contributed by atoms with Crippen molar-refractivity contribution in [3.05, 3.63) is 60.2 Å². The first-order chi connectivity index (χ1) is 17.5. The second kappa shape index (κ2) is 9.10. The maximum atomic E-state index is 14.4. The number of fused-ring (bicyclic) bond motifs is 2. The van der Waals surface area contributed by atoms with Crippen LogP contribution in [0.25, 0.3) is 0 Å². The molecule has 2 amide bonds. The molecular weight excluding hydrogens is 472 g/mol. The summed E-state index contributed by atoms with van der Waals surface area (Å²) in [6.45, 7) is 7.89. The fourth-order valence-corrected chi connectivity index (χ4v) is 6.56. The molecular formula is C29H36N2O6. The molecule has 1 unspecified atom stereocenters. The van der Waals surface area contributed by atoms with Crippen LogP contribution in [0.2, 0.25) is 0 Å². The number of carbonyl (C=O) groups is 3. The maximum Gasteiger partial charge on any atom is 0.313 e. The van der Waals surface area contributed by atoms with E-state index < -0.39 is 46.6 Å². The van der Waals surface area contributed by atoms with Gasteiger partial charge in [-0.3, -0.25) is 14.4 Å². The van der Waals surface area contributed by atoms with Gasteiger partial charge in [-0.15, -0.1) is 0 Å². The van der Waals surface area contributed by atoms with Gasteiger partial charge in [-0.25, -0.2) is 0 Å². The number of benzene rings is 1. The van der Waals surface area contributed by atoms with E-state index in [0.29, 0.717) is 19.4 Å². The zero-order valence-electron chi connectivity index (χ0n) is 21.9. The maximum absolute atomic E-state index is 14.4. The molecule has 0 bridgehead atoms. The zero-order valence-corrected chi connectivity index (χ0v) is 21.9. The predicted molar refractivity (Wildman–Crippen MR) is 136 cm³/mol. The van der Waals surface area contributed by atoms with E-state index >= 15 is 0 Å². The van der Waals surface area contributed by atoms with Gasteiger partial charge in [-0.1, -0.05) is 54.6 Å². The average molecular weight is 509 g/mol. The van der Waals surface area contributed by atoms with E-state index in [4.69, 9.17) is 9.47 Å². The van der Waals surface area contributed by atoms with Crippen molar-refractivity contribution < 1.29 is 29.0 Å². The van der Waals surface area contributed by atoms with Crippen LogP contribution in [0.3, 0.4) is 0 Å². The van der Waals surface area contributed by atoms with E-state index in [1.807, 2.05) is 75.4 Å². The van der Waals surface area contributed by atoms with Crippen LogP contribution in [0.15, 0.2) is 54.6 Å². The topological polar surface area (TPSA) is 96.4 Å². The molecule has 198 valence electrons. The Balaban J connectivity index is 1.67. The first-order valence-corrected chi connectivity index (χ1v) is 13.0. The number of rotatable bonds is 4. The van der Waals surface area contributed by atoms with Crippen molar-refractivity contribution in [2.75, 3.05) is 19.8 Å². The van der Waals surface area contributed by atoms with Gasteiger partial charge in [0, 0.05) is 12.1 Å². The lowest BCUT2D eigenvalue weighted by Crippen LogP contribution is -2.61. The van der Waals surface area contributed by atoms with Gasteiger partial charge >= 0.3 is 5.97 Å². The van der Waals surface area contributed by atoms with Crippen molar-refractivity contribution in [1.29, 1.82) is 0 Å². The van der Waals surface area contributed by atoms with Crippen molar-refractivity contribution >= 4 is 17.8 Å². The summed E-state index contributed by atoms with van der Waals surface area (Å²) in [5.41, 5.74) is -2.07. The highest BCUT2D eigenvalue weighted by Crippen LogP contribution is 2.57. The highest BCUT2D eigenvalue weighted by molar-refractivity contribution is 5.99. The first kappa shape index (κ1) is 25.7. The molecule has 1 N–H and O–H groups in total. The quantitative estimate of drug-likeness (QED) is 0.495. The van der Waals surface area contributed by atoms with Crippen LogP contribution in [-0.4, -0.2) is 81.3 Å². The van der Waals surface area contributed by atoms with Crippen molar-refractivity contribution in [3.8, 4) is 0 Å². The van der Waals surface area contributed by atoms with Gasteiger partial charge in [0.1, 0.15) is 17.6 Å². The van der Waals surface area contributed by atoms with Crippen LogP contribution < -0.4 is 0 Å². The third-order valence-electron chi connectivity index (χ3n) is 8.19. The Labute approximate surface area is 217 Å². The molecule has 2 saturated heterocycles. The standard InChI is InChI=1S/C29H36N2O6/c1-27(2,3)30-15-10-14-29-21(22-26(35)36-16-9-8-13-28(22,4)37-29)24(33)31(23(29)25(30)34)20(18-32)17-19-11-6-5-7-12-19/h5-8,10-14,20-23,32H,9,15-18H2,1-4H3/t20-,21+,22-,23?,28+,29+/m1/s1. The Morgan fingerprint density at radius 1 is 1.05 bits per heavy atom. The Morgan fingerprint density at radius 3 is 2.46 bits per heavy atom. The number of cyclic esters (lactones) is 1. The summed E-state index contributed by atoms with van der Waals surface area (Å²) in [5.74, 6) is -2.99. The largest absolute Gasteiger partial charge is 0.465 e. The molecule has 0 aliphatic carbocycles. The Hall–Kier alpha value is -2.97. The minimum atomic E-state index is -1.37. The summed E-state index contributed by atoms with van der Waals surface area (Å²) in [6, 6.07) is 7.86. The van der Waals surface area contributed by atoms with Crippen molar-refractivity contribution in [1.82, 2.24) is 9.80 Å². The number of hydrogen-bond donors (Lipinski definition) is 1. The van der Waals surface area contributed by atoms with Crippen molar-refractivity contribution in [2.24, 2.45) is 11.8 Å². The van der Waals surface area contributed by atoms with E-state index in [1.54, 1.807) is 11.8 Å². The third-order valence-corrected chi connectivity index (χ3v) is 8.19. The van der Waals surface area contributed by atoms with E-state index in [0.717, 1.165) is 5.56 Å². The highest BCUT2D eigenvalue weighted by atomic mass is 16.6. The molecule has 1 aromatic rings. The molecule has 0 radical (unpaired) electrons. The number of carbonyl (C=O) groups excluding carboxylic acids is 3. The number of nitrogens with zero attached hydrogens (tertiary/aromatic N) is 2. The Morgan fingerprint density at radius 2 is 1.78 bits per heavy atom. The number of hydrogen-bond acceptors (Lipinski definition) is 6. The highest BCUT2D eigenvalue weighted by Gasteiger charge is 2.75. The van der Waals surface area contributed by atoms with Gasteiger partial charge in [0.15, 0.2) is 0 Å². The molecule has 6 atom stereocenters. The van der Waals surface area contributed by atoms with Crippen molar-refractivity contribution in [2.45, 2.75) is 69.4 Å². The van der Waals surface area contributed by atoms with Gasteiger partial charge in [-0.05, 0) is 46.1 Å². The number of ether oxygens (including phenoxy) is 2. The average Bonchev–Trinajstić information content (AvgIpc) is 3.16. The lowest BCUT2D eigenvalue weighted by atomic mass is 9.74. The van der Waals surface area contributed by atoms with Crippen LogP contribution in [-0.2, 0) is 30.3 Å². The van der Waals surface area contributed by atoms with Gasteiger partial charge in [0.2, 0.25) is 11.8 Å². The molecule has 1 aromatic carbocycles. The predicted octanol–water partition coefficient (Wildman–Crippen LogP) is 2.26. The summed E-state index contributed by atoms with van der Waals surface area (Å²) >= 11 is 0. The SMILES string of the molecule is CC(C)(C)N1CC=C[C@]23O[C@@]4(C)C=CCCOC(=O)[C@H]4[C@H]2C(=O)N([C@@H](CO)Cc2ccccc2)C3C1=O. The minimum absolute atomic E-state index is 0.225. The number of likely N-dealkylation sites (tertiary alicyclic amines) is 1. The van der Waals surface area contributed by atoms with Crippen LogP contribution in [0.5, 0.6) is 0 Å². The third kappa shape index (κ3) is 4.01. The number of aliphatic hydroxyl groups is 1. The summed E-state index contributed by atoms with van der Waals surface area (Å²) in [7, 11) is 0. The van der Waals surface area contributed by atoms with Gasteiger partial charge in [0.25, 0.3) is 0 Å². The van der Waals surface area contributed by atoms with Crippen LogP contribution >= 0.6 is 0 Å². The molecule has 8 heteroatoms. The molecule has 8 nitrogen and oxygen atoms in total. The molecule has 4 aliphatic heterocycles. The summed E-state index contributed by atoms with van der Waals surface area (Å²) < 4.78 is 12.3. The smallest absolute Gasteiger partial charge is 0.313 e. The van der Waals surface area contributed by atoms with Crippen LogP contribution in [0.1, 0.15) is 39.7 Å². The molecule has 4 heterocycles. The summed E-state index contributed by atoms with van der Waals surface area (Å²) in [4.78, 5) is 45.4. The summed E-state index contributed by atoms with van der Waals surface area (Å²) in [5, 5.41) is 10.5. The second-order valence-corrected chi connectivity index (χ2v) is 11.6. The molecule has 2 fully saturated rings. The second-order valence-electron chi connectivity index (χ2n) is 11.6. The summed E-state index contributed by atoms with van der Waals surface area (Å²) in [6.07, 6.45) is 8.35. The molecule has 5 rings (SSSR count). The van der Waals surface area contributed by atoms with Crippen LogP contribution in [0, 0.1) is 11.8 Å². The minimum Gasteiger partial charge on any atom is -0.465 e. The number of aliphatic hydroxyl groups excluding tert-OH is 1. The number of amides is 2.